The maximum atomic E-state index is 3.82. The normalized spacial score (nSPS) is 21.3. The molecule has 1 N–H and O–H groups in total. The Balaban J connectivity index is 1.37. The molecule has 146 valence electrons. The topological polar surface area (TPSA) is 15.3 Å². The van der Waals surface area contributed by atoms with Crippen LogP contribution in [0, 0.1) is 5.92 Å². The van der Waals surface area contributed by atoms with E-state index in [0.717, 1.165) is 18.5 Å². The molecule has 0 spiro atoms. The molecule has 0 heterocycles. The van der Waals surface area contributed by atoms with Gasteiger partial charge in [0.25, 0.3) is 0 Å². The van der Waals surface area contributed by atoms with E-state index in [4.69, 9.17) is 0 Å². The highest BCUT2D eigenvalue weighted by molar-refractivity contribution is 5.20. The summed E-state index contributed by atoms with van der Waals surface area (Å²) in [5.74, 6) is 0.776. The Morgan fingerprint density at radius 3 is 2.11 bits per heavy atom. The summed E-state index contributed by atoms with van der Waals surface area (Å²) in [6.45, 7) is 1.16. The first-order valence-electron chi connectivity index (χ1n) is 10.7. The van der Waals surface area contributed by atoms with E-state index in [1.54, 1.807) is 0 Å². The molecule has 0 bridgehead atoms. The molecule has 0 radical (unpaired) electrons. The molecular weight excluding hydrogens is 328 g/mol. The van der Waals surface area contributed by atoms with Gasteiger partial charge < -0.3 is 10.2 Å². The Morgan fingerprint density at radius 1 is 0.852 bits per heavy atom. The molecule has 2 aromatic rings. The van der Waals surface area contributed by atoms with Gasteiger partial charge in [-0.05, 0) is 82.6 Å². The summed E-state index contributed by atoms with van der Waals surface area (Å²) >= 11 is 0. The average molecular weight is 365 g/mol. The molecule has 2 nitrogen and oxygen atoms in total. The molecule has 1 saturated carbocycles. The largest absolute Gasteiger partial charge is 0.314 e. The van der Waals surface area contributed by atoms with Gasteiger partial charge in [0.15, 0.2) is 0 Å². The first-order chi connectivity index (χ1) is 13.2. The monoisotopic (exact) mass is 364 g/mol. The van der Waals surface area contributed by atoms with Gasteiger partial charge in [-0.1, -0.05) is 60.7 Å². The third kappa shape index (κ3) is 6.19. The van der Waals surface area contributed by atoms with Crippen molar-refractivity contribution in [1.82, 2.24) is 10.2 Å². The molecule has 3 rings (SSSR count). The lowest BCUT2D eigenvalue weighted by atomic mass is 9.78. The molecule has 1 unspecified atom stereocenters. The second-order valence-electron chi connectivity index (χ2n) is 8.33. The lowest BCUT2D eigenvalue weighted by Crippen LogP contribution is -2.37. The fourth-order valence-corrected chi connectivity index (χ4v) is 4.69. The van der Waals surface area contributed by atoms with Gasteiger partial charge in [-0.2, -0.15) is 0 Å². The van der Waals surface area contributed by atoms with Gasteiger partial charge in [0.05, 0.1) is 0 Å². The van der Waals surface area contributed by atoms with Crippen molar-refractivity contribution in [2.45, 2.75) is 57.0 Å². The third-order valence-electron chi connectivity index (χ3n) is 6.08. The zero-order valence-corrected chi connectivity index (χ0v) is 17.1. The van der Waals surface area contributed by atoms with Crippen LogP contribution in [0.5, 0.6) is 0 Å². The third-order valence-corrected chi connectivity index (χ3v) is 6.08. The van der Waals surface area contributed by atoms with Crippen LogP contribution in [0.1, 0.15) is 55.7 Å². The van der Waals surface area contributed by atoms with E-state index in [1.165, 1.54) is 56.1 Å². The zero-order valence-electron chi connectivity index (χ0n) is 17.1. The predicted octanol–water partition coefficient (Wildman–Crippen LogP) is 5.46. The van der Waals surface area contributed by atoms with E-state index in [0.29, 0.717) is 6.04 Å². The molecule has 1 fully saturated rings. The zero-order chi connectivity index (χ0) is 18.9. The number of aryl methyl sites for hydroxylation is 1. The molecule has 0 saturated heterocycles. The molecule has 0 aromatic heterocycles. The van der Waals surface area contributed by atoms with Gasteiger partial charge in [0.2, 0.25) is 0 Å². The second-order valence-corrected chi connectivity index (χ2v) is 8.33. The standard InChI is InChI=1S/C25H36N2/c1-27(2)25(22-14-7-4-8-15-22)23-16-18-24(19-17-23)26-20-10-9-13-21-11-5-3-6-12-21/h3-8,11-12,14-15,23-26H,9-10,13,16-20H2,1-2H3. The summed E-state index contributed by atoms with van der Waals surface area (Å²) in [5, 5.41) is 3.82. The fourth-order valence-electron chi connectivity index (χ4n) is 4.69. The summed E-state index contributed by atoms with van der Waals surface area (Å²) < 4.78 is 0. The first-order valence-corrected chi connectivity index (χ1v) is 10.7. The number of rotatable bonds is 9. The average Bonchev–Trinajstić information content (AvgIpc) is 2.70. The maximum absolute atomic E-state index is 3.82. The van der Waals surface area contributed by atoms with E-state index >= 15 is 0 Å². The smallest absolute Gasteiger partial charge is 0.0370 e. The van der Waals surface area contributed by atoms with Crippen LogP contribution in [-0.2, 0) is 6.42 Å². The Morgan fingerprint density at radius 2 is 1.48 bits per heavy atom. The summed E-state index contributed by atoms with van der Waals surface area (Å²) in [7, 11) is 4.46. The van der Waals surface area contributed by atoms with Crippen molar-refractivity contribution >= 4 is 0 Å². The van der Waals surface area contributed by atoms with E-state index in [1.807, 2.05) is 0 Å². The van der Waals surface area contributed by atoms with Crippen LogP contribution < -0.4 is 5.32 Å². The van der Waals surface area contributed by atoms with Crippen molar-refractivity contribution in [2.75, 3.05) is 20.6 Å². The van der Waals surface area contributed by atoms with Crippen molar-refractivity contribution in [1.29, 1.82) is 0 Å². The van der Waals surface area contributed by atoms with Gasteiger partial charge in [-0.3, -0.25) is 0 Å². The predicted molar refractivity (Wildman–Crippen MR) is 116 cm³/mol. The lowest BCUT2D eigenvalue weighted by molar-refractivity contribution is 0.157. The van der Waals surface area contributed by atoms with Crippen molar-refractivity contribution in [3.63, 3.8) is 0 Å². The van der Waals surface area contributed by atoms with Crippen LogP contribution in [0.4, 0.5) is 0 Å². The minimum atomic E-state index is 0.554. The van der Waals surface area contributed by atoms with Crippen molar-refractivity contribution in [2.24, 2.45) is 5.92 Å². The number of benzene rings is 2. The minimum Gasteiger partial charge on any atom is -0.314 e. The number of unbranched alkanes of at least 4 members (excludes halogenated alkanes) is 1. The molecule has 2 aromatic carbocycles. The highest BCUT2D eigenvalue weighted by Gasteiger charge is 2.29. The van der Waals surface area contributed by atoms with Crippen LogP contribution in [0.15, 0.2) is 60.7 Å². The Labute approximate surface area is 166 Å². The number of hydrogen-bond acceptors (Lipinski definition) is 2. The van der Waals surface area contributed by atoms with Gasteiger partial charge in [0.1, 0.15) is 0 Å². The van der Waals surface area contributed by atoms with Crippen molar-refractivity contribution < 1.29 is 0 Å². The van der Waals surface area contributed by atoms with Crippen LogP contribution in [0.25, 0.3) is 0 Å². The molecule has 27 heavy (non-hydrogen) atoms. The van der Waals surface area contributed by atoms with Crippen LogP contribution in [0.3, 0.4) is 0 Å². The van der Waals surface area contributed by atoms with E-state index in [9.17, 15) is 0 Å². The van der Waals surface area contributed by atoms with Gasteiger partial charge >= 0.3 is 0 Å². The number of hydrogen-bond donors (Lipinski definition) is 1. The maximum Gasteiger partial charge on any atom is 0.0370 e. The van der Waals surface area contributed by atoms with Crippen LogP contribution in [-0.4, -0.2) is 31.6 Å². The van der Waals surface area contributed by atoms with Gasteiger partial charge in [-0.15, -0.1) is 0 Å². The van der Waals surface area contributed by atoms with Crippen molar-refractivity contribution in [3.05, 3.63) is 71.8 Å². The SMILES string of the molecule is CN(C)C(c1ccccc1)C1CCC(NCCCCc2ccccc2)CC1. The van der Waals surface area contributed by atoms with Gasteiger partial charge in [0, 0.05) is 12.1 Å². The Hall–Kier alpha value is -1.64. The van der Waals surface area contributed by atoms with E-state index in [-0.39, 0.29) is 0 Å². The van der Waals surface area contributed by atoms with Crippen LogP contribution >= 0.6 is 0 Å². The van der Waals surface area contributed by atoms with Crippen LogP contribution in [0.2, 0.25) is 0 Å². The summed E-state index contributed by atoms with van der Waals surface area (Å²) in [6, 6.07) is 23.2. The van der Waals surface area contributed by atoms with E-state index in [2.05, 4.69) is 85.0 Å². The number of nitrogens with zero attached hydrogens (tertiary/aromatic N) is 1. The lowest BCUT2D eigenvalue weighted by Gasteiger charge is -2.38. The summed E-state index contributed by atoms with van der Waals surface area (Å²) in [4.78, 5) is 2.41. The Bertz CT molecular complexity index is 630. The molecule has 1 aliphatic rings. The molecule has 2 heteroatoms. The quantitative estimate of drug-likeness (QED) is 0.594. The molecular formula is C25H36N2. The highest BCUT2D eigenvalue weighted by Crippen LogP contribution is 2.37. The molecule has 0 aliphatic heterocycles. The molecule has 1 atom stereocenters. The summed E-state index contributed by atoms with van der Waals surface area (Å²) in [5.41, 5.74) is 2.94. The number of nitrogens with one attached hydrogen (secondary N) is 1. The van der Waals surface area contributed by atoms with E-state index < -0.39 is 0 Å². The summed E-state index contributed by atoms with van der Waals surface area (Å²) in [6.07, 6.45) is 9.07. The Kier molecular flexibility index (Phi) is 7.92. The second kappa shape index (κ2) is 10.6. The highest BCUT2D eigenvalue weighted by atomic mass is 15.1. The first kappa shape index (κ1) is 20.1. The fraction of sp³-hybridized carbons (Fsp3) is 0.520. The van der Waals surface area contributed by atoms with Gasteiger partial charge in [-0.25, -0.2) is 0 Å². The molecule has 0 amide bonds. The minimum absolute atomic E-state index is 0.554. The molecule has 1 aliphatic carbocycles. The van der Waals surface area contributed by atoms with Crippen molar-refractivity contribution in [3.8, 4) is 0 Å².